The molecule has 2 heterocycles. The molecular formula is C22H18BrNO4S. The van der Waals surface area contributed by atoms with Crippen LogP contribution in [0.1, 0.15) is 27.2 Å². The maximum absolute atomic E-state index is 13.3. The average molecular weight is 472 g/mol. The lowest BCUT2D eigenvalue weighted by Gasteiger charge is -2.22. The molecule has 0 spiro atoms. The van der Waals surface area contributed by atoms with E-state index in [4.69, 9.17) is 4.74 Å². The van der Waals surface area contributed by atoms with Crippen LogP contribution < -0.4 is 9.64 Å². The lowest BCUT2D eigenvalue weighted by molar-refractivity contribution is -0.136. The Morgan fingerprint density at radius 3 is 2.62 bits per heavy atom. The number of ether oxygens (including phenoxy) is 1. The minimum Gasteiger partial charge on any atom is -0.497 e. The van der Waals surface area contributed by atoms with Gasteiger partial charge in [0, 0.05) is 20.5 Å². The molecule has 3 aromatic rings. The number of benzene rings is 2. The highest BCUT2D eigenvalue weighted by Crippen LogP contribution is 2.45. The van der Waals surface area contributed by atoms with Crippen molar-refractivity contribution in [2.75, 3.05) is 12.0 Å². The van der Waals surface area contributed by atoms with Crippen LogP contribution in [0.4, 0.5) is 5.69 Å². The molecule has 1 aliphatic rings. The topological polar surface area (TPSA) is 66.8 Å². The van der Waals surface area contributed by atoms with Gasteiger partial charge in [0.25, 0.3) is 5.91 Å². The number of aliphatic hydroxyl groups is 1. The Morgan fingerprint density at radius 1 is 1.21 bits per heavy atom. The van der Waals surface area contributed by atoms with Crippen molar-refractivity contribution in [3.63, 3.8) is 0 Å². The van der Waals surface area contributed by atoms with Crippen molar-refractivity contribution in [3.8, 4) is 5.75 Å². The van der Waals surface area contributed by atoms with E-state index in [0.717, 1.165) is 9.35 Å². The first-order chi connectivity index (χ1) is 13.9. The molecule has 0 saturated carbocycles. The number of methoxy groups -OCH3 is 1. The van der Waals surface area contributed by atoms with E-state index in [1.165, 1.54) is 0 Å². The second-order valence-electron chi connectivity index (χ2n) is 6.82. The molecule has 0 radical (unpaired) electrons. The van der Waals surface area contributed by atoms with Crippen LogP contribution in [-0.4, -0.2) is 23.9 Å². The molecule has 5 nitrogen and oxygen atoms in total. The van der Waals surface area contributed by atoms with Gasteiger partial charge >= 0.3 is 0 Å². The van der Waals surface area contributed by atoms with Crippen molar-refractivity contribution < 1.29 is 19.4 Å². The lowest BCUT2D eigenvalue weighted by atomic mass is 9.88. The Kier molecular flexibility index (Phi) is 5.29. The fraction of sp³-hybridized carbons (Fsp3) is 0.182. The summed E-state index contributed by atoms with van der Waals surface area (Å²) in [5.74, 6) is -0.165. The van der Waals surface area contributed by atoms with Gasteiger partial charge in [-0.15, -0.1) is 11.3 Å². The van der Waals surface area contributed by atoms with Crippen LogP contribution in [0.25, 0.3) is 0 Å². The van der Waals surface area contributed by atoms with Crippen LogP contribution in [-0.2, 0) is 16.9 Å². The van der Waals surface area contributed by atoms with Crippen molar-refractivity contribution in [2.45, 2.75) is 18.6 Å². The molecule has 29 heavy (non-hydrogen) atoms. The highest BCUT2D eigenvalue weighted by molar-refractivity contribution is 9.10. The van der Waals surface area contributed by atoms with E-state index >= 15 is 0 Å². The average Bonchev–Trinajstić information content (AvgIpc) is 3.30. The summed E-state index contributed by atoms with van der Waals surface area (Å²) in [6, 6.07) is 15.8. The quantitative estimate of drug-likeness (QED) is 0.536. The zero-order chi connectivity index (χ0) is 20.6. The van der Waals surface area contributed by atoms with Crippen molar-refractivity contribution in [3.05, 3.63) is 80.5 Å². The lowest BCUT2D eigenvalue weighted by Crippen LogP contribution is -2.41. The van der Waals surface area contributed by atoms with E-state index in [1.807, 2.05) is 23.6 Å². The zero-order valence-electron chi connectivity index (χ0n) is 15.6. The van der Waals surface area contributed by atoms with E-state index in [1.54, 1.807) is 59.7 Å². The van der Waals surface area contributed by atoms with E-state index in [9.17, 15) is 14.7 Å². The smallest absolute Gasteiger partial charge is 0.264 e. The largest absolute Gasteiger partial charge is 0.497 e. The monoisotopic (exact) mass is 471 g/mol. The van der Waals surface area contributed by atoms with Gasteiger partial charge in [0.05, 0.1) is 25.8 Å². The number of hydrogen-bond acceptors (Lipinski definition) is 5. The summed E-state index contributed by atoms with van der Waals surface area (Å²) in [6.45, 7) is 0.351. The summed E-state index contributed by atoms with van der Waals surface area (Å²) >= 11 is 4.95. The summed E-state index contributed by atoms with van der Waals surface area (Å²) in [4.78, 5) is 28.7. The minimum atomic E-state index is -1.91. The summed E-state index contributed by atoms with van der Waals surface area (Å²) in [5.41, 5.74) is -0.430. The first kappa shape index (κ1) is 19.8. The van der Waals surface area contributed by atoms with E-state index < -0.39 is 11.5 Å². The van der Waals surface area contributed by atoms with Gasteiger partial charge in [0.1, 0.15) is 5.75 Å². The first-order valence-corrected chi connectivity index (χ1v) is 10.6. The molecule has 1 amide bonds. The number of carbonyl (C=O) groups excluding carboxylic acids is 2. The summed E-state index contributed by atoms with van der Waals surface area (Å²) in [7, 11) is 1.55. The van der Waals surface area contributed by atoms with Crippen LogP contribution >= 0.6 is 27.3 Å². The van der Waals surface area contributed by atoms with Crippen LogP contribution in [0, 0.1) is 0 Å². The molecule has 0 unspecified atom stereocenters. The molecule has 0 aliphatic carbocycles. The van der Waals surface area contributed by atoms with Gasteiger partial charge in [-0.25, -0.2) is 0 Å². The maximum Gasteiger partial charge on any atom is 0.264 e. The molecule has 148 valence electrons. The molecule has 7 heteroatoms. The van der Waals surface area contributed by atoms with Crippen LogP contribution in [0.3, 0.4) is 0 Å². The molecule has 0 fully saturated rings. The Balaban J connectivity index is 1.68. The molecule has 1 aliphatic heterocycles. The SMILES string of the molecule is COc1ccc(C(=O)C[C@]2(O)C(=O)N(Cc3cccs3)c3ccc(Br)cc32)cc1. The fourth-order valence-electron chi connectivity index (χ4n) is 3.52. The number of anilines is 1. The van der Waals surface area contributed by atoms with Crippen LogP contribution in [0.15, 0.2) is 64.5 Å². The van der Waals surface area contributed by atoms with Gasteiger partial charge in [-0.1, -0.05) is 22.0 Å². The first-order valence-electron chi connectivity index (χ1n) is 8.96. The number of ketones is 1. The number of halogens is 1. The number of hydrogen-bond donors (Lipinski definition) is 1. The van der Waals surface area contributed by atoms with Gasteiger partial charge in [0.15, 0.2) is 11.4 Å². The van der Waals surface area contributed by atoms with Crippen molar-refractivity contribution in [2.24, 2.45) is 0 Å². The van der Waals surface area contributed by atoms with E-state index in [2.05, 4.69) is 15.9 Å². The maximum atomic E-state index is 13.3. The molecule has 4 rings (SSSR count). The Labute approximate surface area is 180 Å². The molecule has 1 atom stereocenters. The van der Waals surface area contributed by atoms with Crippen molar-refractivity contribution in [1.29, 1.82) is 0 Å². The van der Waals surface area contributed by atoms with Gasteiger partial charge in [-0.05, 0) is 53.9 Å². The van der Waals surface area contributed by atoms with Crippen molar-refractivity contribution >= 4 is 44.6 Å². The second-order valence-corrected chi connectivity index (χ2v) is 8.77. The van der Waals surface area contributed by atoms with Gasteiger partial charge in [-0.3, -0.25) is 9.59 Å². The summed E-state index contributed by atoms with van der Waals surface area (Å²) in [5, 5.41) is 13.4. The highest BCUT2D eigenvalue weighted by Gasteiger charge is 2.51. The molecular weight excluding hydrogens is 454 g/mol. The number of amides is 1. The third-order valence-electron chi connectivity index (χ3n) is 5.02. The Morgan fingerprint density at radius 2 is 1.97 bits per heavy atom. The number of nitrogens with zero attached hydrogens (tertiary/aromatic N) is 1. The number of carbonyl (C=O) groups is 2. The third kappa shape index (κ3) is 3.61. The van der Waals surface area contributed by atoms with Crippen LogP contribution in [0.2, 0.25) is 0 Å². The predicted molar refractivity (Wildman–Crippen MR) is 115 cm³/mol. The third-order valence-corrected chi connectivity index (χ3v) is 6.37. The summed E-state index contributed by atoms with van der Waals surface area (Å²) < 4.78 is 5.85. The molecule has 1 aromatic heterocycles. The number of Topliss-reactive ketones (excluding diaryl/α,β-unsaturated/α-hetero) is 1. The van der Waals surface area contributed by atoms with E-state index in [0.29, 0.717) is 29.1 Å². The molecule has 0 saturated heterocycles. The fourth-order valence-corrected chi connectivity index (χ4v) is 4.57. The second kappa shape index (κ2) is 7.74. The zero-order valence-corrected chi connectivity index (χ0v) is 18.0. The van der Waals surface area contributed by atoms with Gasteiger partial charge < -0.3 is 14.7 Å². The van der Waals surface area contributed by atoms with Crippen LogP contribution in [0.5, 0.6) is 5.75 Å². The standard InChI is InChI=1S/C22H18BrNO4S/c1-28-16-7-4-14(5-8-16)20(25)12-22(27)18-11-15(23)6-9-19(18)24(21(22)26)13-17-3-2-10-29-17/h2-11,27H,12-13H2,1H3/t22-/m1/s1. The highest BCUT2D eigenvalue weighted by atomic mass is 79.9. The minimum absolute atomic E-state index is 0.313. The van der Waals surface area contributed by atoms with Gasteiger partial charge in [0.2, 0.25) is 0 Å². The Bertz CT molecular complexity index is 1060. The summed E-state index contributed by atoms with van der Waals surface area (Å²) in [6.07, 6.45) is -0.331. The predicted octanol–water partition coefficient (Wildman–Crippen LogP) is 4.53. The number of thiophene rings is 1. The molecule has 1 N–H and O–H groups in total. The normalized spacial score (nSPS) is 18.0. The molecule has 0 bridgehead atoms. The molecule has 2 aromatic carbocycles. The number of fused-ring (bicyclic) bond motifs is 1. The number of rotatable bonds is 6. The van der Waals surface area contributed by atoms with Gasteiger partial charge in [-0.2, -0.15) is 0 Å². The Hall–Kier alpha value is -2.48. The van der Waals surface area contributed by atoms with Crippen molar-refractivity contribution in [1.82, 2.24) is 0 Å². The van der Waals surface area contributed by atoms with E-state index in [-0.39, 0.29) is 12.2 Å².